The molecule has 1 aromatic rings. The molecule has 2 fully saturated rings. The first kappa shape index (κ1) is 15.9. The topological polar surface area (TPSA) is 52.7 Å². The number of rotatable bonds is 2. The summed E-state index contributed by atoms with van der Waals surface area (Å²) in [6.45, 7) is 5.42. The second-order valence-electron chi connectivity index (χ2n) is 6.27. The fourth-order valence-corrected chi connectivity index (χ4v) is 3.16. The van der Waals surface area contributed by atoms with E-state index in [0.717, 1.165) is 19.5 Å². The molecular formula is C17H22FN3O2. The van der Waals surface area contributed by atoms with Gasteiger partial charge in [0.2, 0.25) is 5.91 Å². The molecule has 1 aromatic carbocycles. The van der Waals surface area contributed by atoms with Gasteiger partial charge in [-0.05, 0) is 37.6 Å². The molecule has 1 N–H and O–H groups in total. The SMILES string of the molecule is Cc1ccc(C(=O)N2CCN(C(=O)C3CCNC3)CC2)cc1F. The van der Waals surface area contributed by atoms with Crippen molar-refractivity contribution in [2.75, 3.05) is 39.3 Å². The van der Waals surface area contributed by atoms with Gasteiger partial charge in [0.1, 0.15) is 5.82 Å². The molecule has 2 heterocycles. The Kier molecular flexibility index (Phi) is 4.61. The minimum atomic E-state index is -0.363. The summed E-state index contributed by atoms with van der Waals surface area (Å²) in [5, 5.41) is 3.20. The summed E-state index contributed by atoms with van der Waals surface area (Å²) in [5.41, 5.74) is 0.898. The summed E-state index contributed by atoms with van der Waals surface area (Å²) in [5.74, 6) is -0.274. The van der Waals surface area contributed by atoms with Gasteiger partial charge in [0, 0.05) is 38.3 Å². The molecule has 0 aromatic heterocycles. The second-order valence-corrected chi connectivity index (χ2v) is 6.27. The zero-order valence-corrected chi connectivity index (χ0v) is 13.3. The van der Waals surface area contributed by atoms with Gasteiger partial charge < -0.3 is 15.1 Å². The minimum absolute atomic E-state index is 0.0726. The molecular weight excluding hydrogens is 297 g/mol. The molecule has 1 atom stereocenters. The predicted molar refractivity (Wildman–Crippen MR) is 84.6 cm³/mol. The Labute approximate surface area is 135 Å². The molecule has 6 heteroatoms. The summed E-state index contributed by atoms with van der Waals surface area (Å²) in [4.78, 5) is 28.3. The van der Waals surface area contributed by atoms with Crippen LogP contribution in [-0.4, -0.2) is 60.9 Å². The highest BCUT2D eigenvalue weighted by Crippen LogP contribution is 2.16. The van der Waals surface area contributed by atoms with E-state index in [4.69, 9.17) is 0 Å². The van der Waals surface area contributed by atoms with Crippen molar-refractivity contribution in [1.29, 1.82) is 0 Å². The van der Waals surface area contributed by atoms with Crippen LogP contribution in [0.1, 0.15) is 22.3 Å². The number of halogens is 1. The summed E-state index contributed by atoms with van der Waals surface area (Å²) in [6.07, 6.45) is 0.890. The molecule has 5 nitrogen and oxygen atoms in total. The van der Waals surface area contributed by atoms with E-state index in [1.807, 2.05) is 4.90 Å². The van der Waals surface area contributed by atoms with Gasteiger partial charge in [0.15, 0.2) is 0 Å². The maximum Gasteiger partial charge on any atom is 0.254 e. The first-order chi connectivity index (χ1) is 11.1. The van der Waals surface area contributed by atoms with E-state index in [9.17, 15) is 14.0 Å². The third-order valence-corrected chi connectivity index (χ3v) is 4.71. The normalized spacial score (nSPS) is 21.6. The van der Waals surface area contributed by atoms with Crippen molar-refractivity contribution in [3.8, 4) is 0 Å². The minimum Gasteiger partial charge on any atom is -0.339 e. The lowest BCUT2D eigenvalue weighted by Gasteiger charge is -2.36. The summed E-state index contributed by atoms with van der Waals surface area (Å²) < 4.78 is 13.6. The summed E-state index contributed by atoms with van der Waals surface area (Å²) in [6, 6.07) is 4.57. The summed E-state index contributed by atoms with van der Waals surface area (Å²) in [7, 11) is 0. The molecule has 124 valence electrons. The Balaban J connectivity index is 1.58. The number of carbonyl (C=O) groups is 2. The number of carbonyl (C=O) groups excluding carboxylic acids is 2. The average molecular weight is 319 g/mol. The van der Waals surface area contributed by atoms with Crippen LogP contribution in [0.4, 0.5) is 4.39 Å². The van der Waals surface area contributed by atoms with Crippen LogP contribution < -0.4 is 5.32 Å². The lowest BCUT2D eigenvalue weighted by Crippen LogP contribution is -2.52. The predicted octanol–water partition coefficient (Wildman–Crippen LogP) is 1.03. The number of hydrogen-bond acceptors (Lipinski definition) is 3. The van der Waals surface area contributed by atoms with Crippen molar-refractivity contribution >= 4 is 11.8 Å². The van der Waals surface area contributed by atoms with Gasteiger partial charge in [-0.3, -0.25) is 9.59 Å². The van der Waals surface area contributed by atoms with Crippen molar-refractivity contribution in [1.82, 2.24) is 15.1 Å². The van der Waals surface area contributed by atoms with Gasteiger partial charge in [-0.1, -0.05) is 6.07 Å². The standard InChI is InChI=1S/C17H22FN3O2/c1-12-2-3-13(10-15(12)18)16(22)20-6-8-21(9-7-20)17(23)14-4-5-19-11-14/h2-3,10,14,19H,4-9,11H2,1H3. The Morgan fingerprint density at radius 3 is 2.48 bits per heavy atom. The van der Waals surface area contributed by atoms with Gasteiger partial charge in [-0.25, -0.2) is 4.39 Å². The van der Waals surface area contributed by atoms with E-state index in [0.29, 0.717) is 37.3 Å². The maximum absolute atomic E-state index is 13.6. The van der Waals surface area contributed by atoms with Crippen LogP contribution >= 0.6 is 0 Å². The lowest BCUT2D eigenvalue weighted by molar-refractivity contribution is -0.136. The zero-order valence-electron chi connectivity index (χ0n) is 13.3. The molecule has 2 amide bonds. The van der Waals surface area contributed by atoms with Crippen LogP contribution in [0, 0.1) is 18.7 Å². The second kappa shape index (κ2) is 6.66. The van der Waals surface area contributed by atoms with Crippen LogP contribution in [0.5, 0.6) is 0 Å². The molecule has 23 heavy (non-hydrogen) atoms. The highest BCUT2D eigenvalue weighted by atomic mass is 19.1. The van der Waals surface area contributed by atoms with E-state index < -0.39 is 0 Å². The van der Waals surface area contributed by atoms with E-state index >= 15 is 0 Å². The van der Waals surface area contributed by atoms with Crippen LogP contribution in [0.25, 0.3) is 0 Å². The zero-order chi connectivity index (χ0) is 16.4. The molecule has 0 bridgehead atoms. The van der Waals surface area contributed by atoms with Crippen LogP contribution in [0.2, 0.25) is 0 Å². The molecule has 0 radical (unpaired) electrons. The fraction of sp³-hybridized carbons (Fsp3) is 0.529. The Hall–Kier alpha value is -1.95. The van der Waals surface area contributed by atoms with Crippen molar-refractivity contribution in [3.05, 3.63) is 35.1 Å². The highest BCUT2D eigenvalue weighted by molar-refractivity contribution is 5.94. The number of aryl methyl sites for hydroxylation is 1. The largest absolute Gasteiger partial charge is 0.339 e. The molecule has 0 spiro atoms. The molecule has 0 saturated carbocycles. The number of piperazine rings is 1. The van der Waals surface area contributed by atoms with Crippen LogP contribution in [-0.2, 0) is 4.79 Å². The lowest BCUT2D eigenvalue weighted by atomic mass is 10.1. The van der Waals surface area contributed by atoms with Crippen molar-refractivity contribution < 1.29 is 14.0 Å². The number of hydrogen-bond donors (Lipinski definition) is 1. The smallest absolute Gasteiger partial charge is 0.254 e. The molecule has 0 aliphatic carbocycles. The first-order valence-corrected chi connectivity index (χ1v) is 8.11. The van der Waals surface area contributed by atoms with E-state index in [1.165, 1.54) is 6.07 Å². The van der Waals surface area contributed by atoms with Gasteiger partial charge >= 0.3 is 0 Å². The van der Waals surface area contributed by atoms with Crippen molar-refractivity contribution in [3.63, 3.8) is 0 Å². The molecule has 2 aliphatic heterocycles. The summed E-state index contributed by atoms with van der Waals surface area (Å²) >= 11 is 0. The average Bonchev–Trinajstić information content (AvgIpc) is 3.11. The molecule has 1 unspecified atom stereocenters. The van der Waals surface area contributed by atoms with Gasteiger partial charge in [-0.15, -0.1) is 0 Å². The number of nitrogens with zero attached hydrogens (tertiary/aromatic N) is 2. The van der Waals surface area contributed by atoms with E-state index in [-0.39, 0.29) is 23.5 Å². The van der Waals surface area contributed by atoms with Crippen molar-refractivity contribution in [2.24, 2.45) is 5.92 Å². The Morgan fingerprint density at radius 1 is 1.17 bits per heavy atom. The van der Waals surface area contributed by atoms with Gasteiger partial charge in [0.05, 0.1) is 5.92 Å². The number of nitrogens with one attached hydrogen (secondary N) is 1. The molecule has 3 rings (SSSR count). The highest BCUT2D eigenvalue weighted by Gasteiger charge is 2.30. The van der Waals surface area contributed by atoms with Crippen LogP contribution in [0.15, 0.2) is 18.2 Å². The fourth-order valence-electron chi connectivity index (χ4n) is 3.16. The van der Waals surface area contributed by atoms with Gasteiger partial charge in [-0.2, -0.15) is 0 Å². The molecule has 2 aliphatic rings. The third-order valence-electron chi connectivity index (χ3n) is 4.71. The van der Waals surface area contributed by atoms with E-state index in [1.54, 1.807) is 24.0 Å². The Morgan fingerprint density at radius 2 is 1.87 bits per heavy atom. The van der Waals surface area contributed by atoms with Crippen LogP contribution in [0.3, 0.4) is 0 Å². The maximum atomic E-state index is 13.6. The number of amides is 2. The van der Waals surface area contributed by atoms with Gasteiger partial charge in [0.25, 0.3) is 5.91 Å². The quantitative estimate of drug-likeness (QED) is 0.886. The van der Waals surface area contributed by atoms with Crippen molar-refractivity contribution in [2.45, 2.75) is 13.3 Å². The first-order valence-electron chi connectivity index (χ1n) is 8.11. The third kappa shape index (κ3) is 3.37. The Bertz CT molecular complexity index is 606. The molecule has 2 saturated heterocycles. The monoisotopic (exact) mass is 319 g/mol. The van der Waals surface area contributed by atoms with E-state index in [2.05, 4.69) is 5.32 Å². The number of benzene rings is 1.